The monoisotopic (exact) mass is 256 g/mol. The first-order chi connectivity index (χ1) is 8.52. The van der Waals surface area contributed by atoms with Crippen molar-refractivity contribution in [1.29, 1.82) is 0 Å². The highest BCUT2D eigenvalue weighted by molar-refractivity contribution is 5.12. The molecule has 1 aliphatic heterocycles. The molecule has 1 aliphatic rings. The molecular formula is C12H18F2N4. The Balaban J connectivity index is 2.08. The number of likely N-dealkylation sites (tertiary alicyclic amines) is 1. The van der Waals surface area contributed by atoms with Gasteiger partial charge in [-0.15, -0.1) is 0 Å². The van der Waals surface area contributed by atoms with Crippen LogP contribution in [-0.4, -0.2) is 40.4 Å². The number of halogens is 2. The van der Waals surface area contributed by atoms with Crippen molar-refractivity contribution >= 4 is 0 Å². The summed E-state index contributed by atoms with van der Waals surface area (Å²) in [6.45, 7) is 2.92. The molecule has 0 aliphatic carbocycles. The van der Waals surface area contributed by atoms with Gasteiger partial charge in [0.25, 0.3) is 5.92 Å². The van der Waals surface area contributed by atoms with Crippen LogP contribution in [0.25, 0.3) is 0 Å². The third-order valence-corrected chi connectivity index (χ3v) is 3.38. The molecule has 1 atom stereocenters. The zero-order valence-corrected chi connectivity index (χ0v) is 10.4. The summed E-state index contributed by atoms with van der Waals surface area (Å²) in [4.78, 5) is 10.3. The van der Waals surface area contributed by atoms with Gasteiger partial charge >= 0.3 is 0 Å². The third-order valence-electron chi connectivity index (χ3n) is 3.38. The number of aromatic nitrogens is 2. The van der Waals surface area contributed by atoms with Gasteiger partial charge in [0.1, 0.15) is 5.82 Å². The predicted molar refractivity (Wildman–Crippen MR) is 64.3 cm³/mol. The lowest BCUT2D eigenvalue weighted by Crippen LogP contribution is -2.43. The summed E-state index contributed by atoms with van der Waals surface area (Å²) in [5.74, 6) is -1.83. The Labute approximate surface area is 105 Å². The Morgan fingerprint density at radius 1 is 1.33 bits per heavy atom. The maximum Gasteiger partial charge on any atom is 0.250 e. The van der Waals surface area contributed by atoms with Crippen LogP contribution in [0.5, 0.6) is 0 Å². The van der Waals surface area contributed by atoms with Crippen molar-refractivity contribution in [2.24, 2.45) is 5.73 Å². The number of alkyl halides is 2. The molecule has 6 heteroatoms. The minimum absolute atomic E-state index is 0.0679. The molecule has 0 spiro atoms. The number of aryl methyl sites for hydroxylation is 1. The first-order valence-electron chi connectivity index (χ1n) is 6.12. The van der Waals surface area contributed by atoms with E-state index < -0.39 is 5.92 Å². The van der Waals surface area contributed by atoms with Gasteiger partial charge in [0.05, 0.1) is 6.04 Å². The molecule has 1 aromatic rings. The zero-order valence-electron chi connectivity index (χ0n) is 10.4. The van der Waals surface area contributed by atoms with E-state index in [1.807, 2.05) is 11.8 Å². The van der Waals surface area contributed by atoms with E-state index in [4.69, 9.17) is 5.73 Å². The molecule has 2 heterocycles. The summed E-state index contributed by atoms with van der Waals surface area (Å²) < 4.78 is 26.2. The van der Waals surface area contributed by atoms with Gasteiger partial charge in [0.15, 0.2) is 0 Å². The lowest BCUT2D eigenvalue weighted by Gasteiger charge is -2.36. The predicted octanol–water partition coefficient (Wildman–Crippen LogP) is 1.52. The van der Waals surface area contributed by atoms with Crippen LogP contribution in [0, 0.1) is 6.92 Å². The number of hydrogen-bond acceptors (Lipinski definition) is 4. The standard InChI is InChI=1S/C12H18F2N4/c1-9-16-7-10(8-17-9)11(6-15)18-4-2-12(13,14)3-5-18/h7-8,11H,2-6,15H2,1H3/t11-/m1/s1. The second-order valence-corrected chi connectivity index (χ2v) is 4.71. The lowest BCUT2D eigenvalue weighted by molar-refractivity contribution is -0.0627. The molecule has 1 saturated heterocycles. The average Bonchev–Trinajstić information content (AvgIpc) is 2.34. The molecule has 0 saturated carbocycles. The van der Waals surface area contributed by atoms with E-state index in [0.717, 1.165) is 5.56 Å². The van der Waals surface area contributed by atoms with E-state index >= 15 is 0 Å². The number of nitrogens with two attached hydrogens (primary N) is 1. The summed E-state index contributed by atoms with van der Waals surface area (Å²) in [7, 11) is 0. The minimum atomic E-state index is -2.53. The van der Waals surface area contributed by atoms with Gasteiger partial charge in [-0.2, -0.15) is 0 Å². The van der Waals surface area contributed by atoms with Gasteiger partial charge in [-0.05, 0) is 6.92 Å². The van der Waals surface area contributed by atoms with Crippen molar-refractivity contribution in [1.82, 2.24) is 14.9 Å². The van der Waals surface area contributed by atoms with Crippen LogP contribution in [0.15, 0.2) is 12.4 Å². The lowest BCUT2D eigenvalue weighted by atomic mass is 10.0. The Morgan fingerprint density at radius 2 is 1.89 bits per heavy atom. The topological polar surface area (TPSA) is 55.0 Å². The summed E-state index contributed by atoms with van der Waals surface area (Å²) in [6, 6.07) is -0.0679. The quantitative estimate of drug-likeness (QED) is 0.890. The fourth-order valence-electron chi connectivity index (χ4n) is 2.23. The van der Waals surface area contributed by atoms with Crippen molar-refractivity contribution in [3.05, 3.63) is 23.8 Å². The molecule has 0 unspecified atom stereocenters. The summed E-state index contributed by atoms with van der Waals surface area (Å²) in [5.41, 5.74) is 6.65. The third kappa shape index (κ3) is 3.00. The highest BCUT2D eigenvalue weighted by atomic mass is 19.3. The van der Waals surface area contributed by atoms with Gasteiger partial charge < -0.3 is 5.73 Å². The molecule has 100 valence electrons. The van der Waals surface area contributed by atoms with Gasteiger partial charge in [0.2, 0.25) is 0 Å². The number of rotatable bonds is 3. The molecule has 0 aromatic carbocycles. The Hall–Kier alpha value is -1.14. The van der Waals surface area contributed by atoms with Crippen LogP contribution in [-0.2, 0) is 0 Å². The second kappa shape index (κ2) is 5.24. The normalized spacial score (nSPS) is 21.8. The van der Waals surface area contributed by atoms with Gasteiger partial charge in [-0.3, -0.25) is 4.90 Å². The Kier molecular flexibility index (Phi) is 3.87. The van der Waals surface area contributed by atoms with Crippen LogP contribution < -0.4 is 5.73 Å². The summed E-state index contributed by atoms with van der Waals surface area (Å²) in [5, 5.41) is 0. The summed E-state index contributed by atoms with van der Waals surface area (Å²) >= 11 is 0. The van der Waals surface area contributed by atoms with E-state index in [1.54, 1.807) is 12.4 Å². The number of nitrogens with zero attached hydrogens (tertiary/aromatic N) is 3. The van der Waals surface area contributed by atoms with E-state index in [0.29, 0.717) is 25.5 Å². The maximum absolute atomic E-state index is 13.1. The van der Waals surface area contributed by atoms with Gasteiger partial charge in [0, 0.05) is 50.4 Å². The second-order valence-electron chi connectivity index (χ2n) is 4.71. The van der Waals surface area contributed by atoms with Crippen molar-refractivity contribution in [2.45, 2.75) is 31.7 Å². The molecule has 2 rings (SSSR count). The molecule has 4 nitrogen and oxygen atoms in total. The molecule has 18 heavy (non-hydrogen) atoms. The number of piperidine rings is 1. The first kappa shape index (κ1) is 13.3. The van der Waals surface area contributed by atoms with Crippen LogP contribution in [0.2, 0.25) is 0 Å². The highest BCUT2D eigenvalue weighted by Crippen LogP contribution is 2.31. The fourth-order valence-corrected chi connectivity index (χ4v) is 2.23. The van der Waals surface area contributed by atoms with Crippen LogP contribution >= 0.6 is 0 Å². The molecule has 0 amide bonds. The molecule has 2 N–H and O–H groups in total. The van der Waals surface area contributed by atoms with E-state index in [2.05, 4.69) is 9.97 Å². The van der Waals surface area contributed by atoms with Gasteiger partial charge in [-0.1, -0.05) is 0 Å². The SMILES string of the molecule is Cc1ncc([C@@H](CN)N2CCC(F)(F)CC2)cn1. The molecule has 0 radical (unpaired) electrons. The van der Waals surface area contributed by atoms with Crippen molar-refractivity contribution in [3.8, 4) is 0 Å². The van der Waals surface area contributed by atoms with Crippen molar-refractivity contribution in [2.75, 3.05) is 19.6 Å². The molecule has 1 fully saturated rings. The Bertz CT molecular complexity index is 384. The highest BCUT2D eigenvalue weighted by Gasteiger charge is 2.36. The molecule has 1 aromatic heterocycles. The largest absolute Gasteiger partial charge is 0.329 e. The van der Waals surface area contributed by atoms with E-state index in [1.165, 1.54) is 0 Å². The van der Waals surface area contributed by atoms with Crippen molar-refractivity contribution < 1.29 is 8.78 Å². The summed E-state index contributed by atoms with van der Waals surface area (Å²) in [6.07, 6.45) is 3.26. The van der Waals surface area contributed by atoms with E-state index in [9.17, 15) is 8.78 Å². The van der Waals surface area contributed by atoms with E-state index in [-0.39, 0.29) is 18.9 Å². The molecule has 0 bridgehead atoms. The van der Waals surface area contributed by atoms with Crippen LogP contribution in [0.4, 0.5) is 8.78 Å². The smallest absolute Gasteiger partial charge is 0.250 e. The van der Waals surface area contributed by atoms with Crippen molar-refractivity contribution in [3.63, 3.8) is 0 Å². The molecular weight excluding hydrogens is 238 g/mol. The average molecular weight is 256 g/mol. The van der Waals surface area contributed by atoms with Crippen LogP contribution in [0.1, 0.15) is 30.3 Å². The fraction of sp³-hybridized carbons (Fsp3) is 0.667. The number of hydrogen-bond donors (Lipinski definition) is 1. The van der Waals surface area contributed by atoms with Gasteiger partial charge in [-0.25, -0.2) is 18.7 Å². The maximum atomic E-state index is 13.1. The van der Waals surface area contributed by atoms with Crippen LogP contribution in [0.3, 0.4) is 0 Å². The zero-order chi connectivity index (χ0) is 13.2. The minimum Gasteiger partial charge on any atom is -0.329 e. The first-order valence-corrected chi connectivity index (χ1v) is 6.12. The Morgan fingerprint density at radius 3 is 2.39 bits per heavy atom.